The minimum atomic E-state index is -0.188. The van der Waals surface area contributed by atoms with Crippen LogP contribution in [0.3, 0.4) is 0 Å². The summed E-state index contributed by atoms with van der Waals surface area (Å²) in [4.78, 5) is 13.3. The van der Waals surface area contributed by atoms with Crippen LogP contribution in [0.1, 0.15) is 17.8 Å². The largest absolute Gasteiger partial charge is 0.331 e. The summed E-state index contributed by atoms with van der Waals surface area (Å²) in [6, 6.07) is 17.7. The molecule has 3 aromatic rings. The Labute approximate surface area is 127 Å². The average molecular weight is 296 g/mol. The highest BCUT2D eigenvalue weighted by atomic mass is 32.1. The number of anilines is 1. The lowest BCUT2D eigenvalue weighted by Gasteiger charge is -2.14. The van der Waals surface area contributed by atoms with Crippen molar-refractivity contribution in [1.82, 2.24) is 5.32 Å². The second-order valence-corrected chi connectivity index (χ2v) is 5.84. The van der Waals surface area contributed by atoms with Crippen LogP contribution in [-0.2, 0) is 0 Å². The van der Waals surface area contributed by atoms with Crippen LogP contribution in [0.15, 0.2) is 60.0 Å². The second kappa shape index (κ2) is 5.97. The molecule has 0 saturated heterocycles. The van der Waals surface area contributed by atoms with E-state index >= 15 is 0 Å². The van der Waals surface area contributed by atoms with Crippen molar-refractivity contribution in [2.75, 3.05) is 5.32 Å². The molecule has 106 valence electrons. The van der Waals surface area contributed by atoms with E-state index in [0.29, 0.717) is 0 Å². The molecule has 0 unspecified atom stereocenters. The number of amides is 2. The average Bonchev–Trinajstić information content (AvgIpc) is 3.02. The summed E-state index contributed by atoms with van der Waals surface area (Å²) in [5, 5.41) is 10.1. The first-order chi connectivity index (χ1) is 10.2. The molecule has 3 nitrogen and oxygen atoms in total. The fourth-order valence-electron chi connectivity index (χ4n) is 2.30. The number of fused-ring (bicyclic) bond motifs is 1. The zero-order valence-electron chi connectivity index (χ0n) is 11.7. The predicted octanol–water partition coefficient (Wildman–Crippen LogP) is 4.78. The van der Waals surface area contributed by atoms with Gasteiger partial charge in [0.15, 0.2) is 0 Å². The molecule has 0 aliphatic carbocycles. The van der Waals surface area contributed by atoms with Crippen LogP contribution >= 0.6 is 11.3 Å². The van der Waals surface area contributed by atoms with E-state index in [1.54, 1.807) is 11.3 Å². The van der Waals surface area contributed by atoms with E-state index in [-0.39, 0.29) is 12.1 Å². The minimum absolute atomic E-state index is 0.0000218. The number of rotatable bonds is 3. The minimum Gasteiger partial charge on any atom is -0.331 e. The van der Waals surface area contributed by atoms with E-state index in [1.807, 2.05) is 66.9 Å². The van der Waals surface area contributed by atoms with Crippen molar-refractivity contribution in [2.24, 2.45) is 0 Å². The van der Waals surface area contributed by atoms with Crippen LogP contribution < -0.4 is 10.6 Å². The Hall–Kier alpha value is -2.33. The molecule has 1 atom stereocenters. The zero-order chi connectivity index (χ0) is 14.7. The quantitative estimate of drug-likeness (QED) is 0.717. The Kier molecular flexibility index (Phi) is 3.88. The Morgan fingerprint density at radius 1 is 1.05 bits per heavy atom. The van der Waals surface area contributed by atoms with E-state index in [4.69, 9.17) is 0 Å². The van der Waals surface area contributed by atoms with E-state index < -0.39 is 0 Å². The molecule has 0 saturated carbocycles. The normalized spacial score (nSPS) is 12.0. The van der Waals surface area contributed by atoms with E-state index in [9.17, 15) is 4.79 Å². The first-order valence-electron chi connectivity index (χ1n) is 6.83. The third-order valence-corrected chi connectivity index (χ3v) is 4.41. The molecule has 0 radical (unpaired) electrons. The highest BCUT2D eigenvalue weighted by molar-refractivity contribution is 7.10. The summed E-state index contributed by atoms with van der Waals surface area (Å²) in [5.41, 5.74) is 0.823. The van der Waals surface area contributed by atoms with Gasteiger partial charge < -0.3 is 10.6 Å². The van der Waals surface area contributed by atoms with Gasteiger partial charge >= 0.3 is 6.03 Å². The Bertz CT molecular complexity index is 747. The molecule has 21 heavy (non-hydrogen) atoms. The van der Waals surface area contributed by atoms with Crippen molar-refractivity contribution >= 4 is 33.8 Å². The van der Waals surface area contributed by atoms with Gasteiger partial charge in [-0.05, 0) is 29.8 Å². The van der Waals surface area contributed by atoms with Gasteiger partial charge in [-0.25, -0.2) is 4.79 Å². The molecule has 3 rings (SSSR count). The van der Waals surface area contributed by atoms with E-state index in [0.717, 1.165) is 21.3 Å². The summed E-state index contributed by atoms with van der Waals surface area (Å²) >= 11 is 1.64. The molecule has 2 N–H and O–H groups in total. The predicted molar refractivity (Wildman–Crippen MR) is 88.8 cm³/mol. The maximum atomic E-state index is 12.1. The van der Waals surface area contributed by atoms with Crippen molar-refractivity contribution < 1.29 is 4.79 Å². The van der Waals surface area contributed by atoms with Crippen molar-refractivity contribution in [1.29, 1.82) is 0 Å². The molecule has 2 aromatic carbocycles. The first kappa shape index (κ1) is 13.6. The van der Waals surface area contributed by atoms with E-state index in [2.05, 4.69) is 10.6 Å². The summed E-state index contributed by atoms with van der Waals surface area (Å²) < 4.78 is 0. The van der Waals surface area contributed by atoms with Gasteiger partial charge in [0, 0.05) is 10.3 Å². The monoisotopic (exact) mass is 296 g/mol. The molecule has 0 spiro atoms. The van der Waals surface area contributed by atoms with Crippen LogP contribution in [0.2, 0.25) is 0 Å². The lowest BCUT2D eigenvalue weighted by Crippen LogP contribution is -2.30. The number of nitrogens with one attached hydrogen (secondary N) is 2. The van der Waals surface area contributed by atoms with Gasteiger partial charge in [-0.1, -0.05) is 42.5 Å². The molecule has 0 aliphatic rings. The number of carbonyl (C=O) groups is 1. The smallest absolute Gasteiger partial charge is 0.319 e. The standard InChI is InChI=1S/C17H16N2OS/c1-12(16-10-5-11-21-16)18-17(20)19-15-9-4-7-13-6-2-3-8-14(13)15/h2-12H,1H3,(H2,18,19,20)/t12-/m0/s1. The summed E-state index contributed by atoms with van der Waals surface area (Å²) in [7, 11) is 0. The first-order valence-corrected chi connectivity index (χ1v) is 7.71. The molecule has 1 aromatic heterocycles. The second-order valence-electron chi connectivity index (χ2n) is 4.86. The topological polar surface area (TPSA) is 41.1 Å². The lowest BCUT2D eigenvalue weighted by atomic mass is 10.1. The van der Waals surface area contributed by atoms with Gasteiger partial charge in [-0.3, -0.25) is 0 Å². The summed E-state index contributed by atoms with van der Waals surface area (Å²) in [6.07, 6.45) is 0. The maximum absolute atomic E-state index is 12.1. The Balaban J connectivity index is 1.75. The van der Waals surface area contributed by atoms with E-state index in [1.165, 1.54) is 0 Å². The van der Waals surface area contributed by atoms with Crippen molar-refractivity contribution in [3.63, 3.8) is 0 Å². The van der Waals surface area contributed by atoms with Crippen molar-refractivity contribution in [3.8, 4) is 0 Å². The summed E-state index contributed by atoms with van der Waals surface area (Å²) in [6.45, 7) is 1.98. The molecular weight excluding hydrogens is 280 g/mol. The van der Waals surface area contributed by atoms with Crippen LogP contribution in [0.25, 0.3) is 10.8 Å². The van der Waals surface area contributed by atoms with Crippen LogP contribution in [0.4, 0.5) is 10.5 Å². The van der Waals surface area contributed by atoms with Crippen LogP contribution in [-0.4, -0.2) is 6.03 Å². The maximum Gasteiger partial charge on any atom is 0.319 e. The van der Waals surface area contributed by atoms with Gasteiger partial charge in [-0.15, -0.1) is 11.3 Å². The third kappa shape index (κ3) is 3.06. The number of thiophene rings is 1. The SMILES string of the molecule is C[C@H](NC(=O)Nc1cccc2ccccc12)c1cccs1. The molecule has 4 heteroatoms. The number of benzene rings is 2. The number of hydrogen-bond donors (Lipinski definition) is 2. The van der Waals surface area contributed by atoms with Crippen molar-refractivity contribution in [2.45, 2.75) is 13.0 Å². The zero-order valence-corrected chi connectivity index (χ0v) is 12.5. The molecular formula is C17H16N2OS. The Morgan fingerprint density at radius 3 is 2.67 bits per heavy atom. The number of hydrogen-bond acceptors (Lipinski definition) is 2. The van der Waals surface area contributed by atoms with Gasteiger partial charge in [0.1, 0.15) is 0 Å². The molecule has 0 fully saturated rings. The molecule has 0 bridgehead atoms. The van der Waals surface area contributed by atoms with Crippen molar-refractivity contribution in [3.05, 3.63) is 64.9 Å². The molecule has 1 heterocycles. The Morgan fingerprint density at radius 2 is 1.86 bits per heavy atom. The van der Waals surface area contributed by atoms with Gasteiger partial charge in [0.2, 0.25) is 0 Å². The fourth-order valence-corrected chi connectivity index (χ4v) is 3.03. The highest BCUT2D eigenvalue weighted by Gasteiger charge is 2.11. The molecule has 0 aliphatic heterocycles. The van der Waals surface area contributed by atoms with Gasteiger partial charge in [0.25, 0.3) is 0 Å². The molecule has 2 amide bonds. The van der Waals surface area contributed by atoms with Gasteiger partial charge in [-0.2, -0.15) is 0 Å². The number of urea groups is 1. The lowest BCUT2D eigenvalue weighted by molar-refractivity contribution is 0.249. The van der Waals surface area contributed by atoms with Gasteiger partial charge in [0.05, 0.1) is 11.7 Å². The van der Waals surface area contributed by atoms with Crippen LogP contribution in [0, 0.1) is 0 Å². The third-order valence-electron chi connectivity index (χ3n) is 3.36. The fraction of sp³-hybridized carbons (Fsp3) is 0.118. The van der Waals surface area contributed by atoms with Crippen LogP contribution in [0.5, 0.6) is 0 Å². The number of carbonyl (C=O) groups excluding carboxylic acids is 1. The highest BCUT2D eigenvalue weighted by Crippen LogP contribution is 2.23. The summed E-state index contributed by atoms with van der Waals surface area (Å²) in [5.74, 6) is 0.